The van der Waals surface area contributed by atoms with Crippen molar-refractivity contribution in [3.8, 4) is 0 Å². The maximum atomic E-state index is 9.02. The predicted octanol–water partition coefficient (Wildman–Crippen LogP) is 1.33. The van der Waals surface area contributed by atoms with Gasteiger partial charge in [0.05, 0.1) is 18.9 Å². The Morgan fingerprint density at radius 1 is 1.62 bits per heavy atom. The maximum absolute atomic E-state index is 9.02. The summed E-state index contributed by atoms with van der Waals surface area (Å²) < 4.78 is 0. The minimum absolute atomic E-state index is 0.0868. The molecule has 1 unspecified atom stereocenters. The van der Waals surface area contributed by atoms with E-state index in [9.17, 15) is 0 Å². The maximum Gasteiger partial charge on any atom is 0.0916 e. The Bertz CT molecular complexity index is 62.8. The first kappa shape index (κ1) is 5.96. The van der Waals surface area contributed by atoms with E-state index in [1.165, 1.54) is 5.92 Å². The van der Waals surface area contributed by atoms with Gasteiger partial charge in [0.2, 0.25) is 0 Å². The first-order chi connectivity index (χ1) is 3.79. The summed E-state index contributed by atoms with van der Waals surface area (Å²) in [5.41, 5.74) is 0. The van der Waals surface area contributed by atoms with Crippen molar-refractivity contribution >= 4 is 0 Å². The Hall–Kier alpha value is -0.170. The van der Waals surface area contributed by atoms with Crippen LogP contribution in [0.15, 0.2) is 0 Å². The number of hydrogen-bond acceptors (Lipinski definition) is 1. The van der Waals surface area contributed by atoms with Crippen LogP contribution in [0.4, 0.5) is 0 Å². The molecular weight excluding hydrogens is 100 g/mol. The molecule has 1 heteroatoms. The monoisotopic (exact) mass is 112 g/mol. The summed E-state index contributed by atoms with van der Waals surface area (Å²) in [6.45, 7) is 3.80. The molecule has 0 bridgehead atoms. The lowest BCUT2D eigenvalue weighted by atomic mass is 9.89. The highest BCUT2D eigenvalue weighted by atomic mass is 16.3. The molecule has 0 aromatic rings. The van der Waals surface area contributed by atoms with Gasteiger partial charge in [-0.2, -0.15) is 0 Å². The summed E-state index contributed by atoms with van der Waals surface area (Å²) in [5, 5.41) is 9.02. The number of aliphatic hydroxyl groups is 1. The first-order valence-corrected chi connectivity index (χ1v) is 3.14. The van der Waals surface area contributed by atoms with Crippen LogP contribution in [0.2, 0.25) is 0 Å². The molecule has 1 rings (SSSR count). The Labute approximate surface area is 50.7 Å². The van der Waals surface area contributed by atoms with E-state index in [-0.39, 0.29) is 6.10 Å². The Balaban J connectivity index is 2.23. The number of rotatable bonds is 0. The summed E-state index contributed by atoms with van der Waals surface area (Å²) in [7, 11) is 0. The molecule has 0 radical (unpaired) electrons. The van der Waals surface area contributed by atoms with Crippen molar-refractivity contribution in [1.82, 2.24) is 0 Å². The Morgan fingerprint density at radius 2 is 2.38 bits per heavy atom. The van der Waals surface area contributed by atoms with Gasteiger partial charge in [-0.25, -0.2) is 0 Å². The average Bonchev–Trinajstić information content (AvgIpc) is 1.64. The molecule has 46 valence electrons. The number of aliphatic hydroxyl groups excluding tert-OH is 1. The van der Waals surface area contributed by atoms with Gasteiger partial charge in [0.25, 0.3) is 0 Å². The zero-order valence-electron chi connectivity index (χ0n) is 5.06. The van der Waals surface area contributed by atoms with Crippen LogP contribution in [0.5, 0.6) is 0 Å². The van der Waals surface area contributed by atoms with Crippen LogP contribution in [0.3, 0.4) is 0 Å². The van der Waals surface area contributed by atoms with Crippen LogP contribution in [0, 0.1) is 12.8 Å². The molecule has 0 amide bonds. The lowest BCUT2D eigenvalue weighted by molar-refractivity contribution is 0.142. The Kier molecular flexibility index (Phi) is 1.79. The molecule has 1 nitrogen and oxygen atoms in total. The van der Waals surface area contributed by atoms with Crippen molar-refractivity contribution < 1.29 is 5.11 Å². The van der Waals surface area contributed by atoms with Crippen LogP contribution < -0.4 is 0 Å². The molecule has 1 aliphatic rings. The quantitative estimate of drug-likeness (QED) is 0.469. The van der Waals surface area contributed by atoms with Gasteiger partial charge < -0.3 is 5.11 Å². The molecule has 0 saturated heterocycles. The van der Waals surface area contributed by atoms with Gasteiger partial charge in [0.15, 0.2) is 0 Å². The van der Waals surface area contributed by atoms with Gasteiger partial charge in [-0.05, 0) is 12.8 Å². The molecule has 0 aromatic carbocycles. The largest absolute Gasteiger partial charge is 0.389 e. The van der Waals surface area contributed by atoms with E-state index in [1.807, 2.05) is 0 Å². The summed E-state index contributed by atoms with van der Waals surface area (Å²) >= 11 is 0. The lowest BCUT2D eigenvalue weighted by Crippen LogP contribution is -2.15. The third-order valence-electron chi connectivity index (χ3n) is 1.59. The molecule has 1 aliphatic carbocycles. The van der Waals surface area contributed by atoms with Crippen LogP contribution in [0.1, 0.15) is 25.7 Å². The van der Waals surface area contributed by atoms with Gasteiger partial charge in [-0.1, -0.05) is 5.92 Å². The van der Waals surface area contributed by atoms with E-state index in [0.717, 1.165) is 25.7 Å². The molecule has 1 N–H and O–H groups in total. The topological polar surface area (TPSA) is 20.2 Å². The second-order valence-corrected chi connectivity index (χ2v) is 2.50. The fraction of sp³-hybridized carbons (Fsp3) is 0.714. The highest BCUT2D eigenvalue weighted by molar-refractivity contribution is 4.97. The van der Waals surface area contributed by atoms with E-state index in [1.54, 1.807) is 0 Å². The second-order valence-electron chi connectivity index (χ2n) is 2.50. The van der Waals surface area contributed by atoms with E-state index >= 15 is 0 Å². The standard InChI is InChI=1S/C7H12O/c1-6-3-2-4-7(8)5-6/h7-8H,1-5H2. The second kappa shape index (κ2) is 2.40. The lowest BCUT2D eigenvalue weighted by Gasteiger charge is -2.18. The van der Waals surface area contributed by atoms with E-state index in [4.69, 9.17) is 5.11 Å². The molecule has 0 spiro atoms. The van der Waals surface area contributed by atoms with Gasteiger partial charge in [0, 0.05) is 0 Å². The normalized spacial score (nSPS) is 30.8. The molecule has 1 atom stereocenters. The summed E-state index contributed by atoms with van der Waals surface area (Å²) in [6.07, 6.45) is 3.96. The van der Waals surface area contributed by atoms with Gasteiger partial charge in [-0.15, -0.1) is 6.92 Å². The fourth-order valence-corrected chi connectivity index (χ4v) is 1.13. The molecule has 1 saturated carbocycles. The van der Waals surface area contributed by atoms with Crippen molar-refractivity contribution in [2.75, 3.05) is 0 Å². The summed E-state index contributed by atoms with van der Waals surface area (Å²) in [4.78, 5) is 0. The van der Waals surface area contributed by atoms with Crippen molar-refractivity contribution in [3.05, 3.63) is 12.8 Å². The SMILES string of the molecule is [CH2-][C+]1CCCC(O)C1. The van der Waals surface area contributed by atoms with Crippen molar-refractivity contribution in [1.29, 1.82) is 0 Å². The van der Waals surface area contributed by atoms with Gasteiger partial charge in [0.1, 0.15) is 0 Å². The van der Waals surface area contributed by atoms with Crippen molar-refractivity contribution in [2.45, 2.75) is 31.8 Å². The highest BCUT2D eigenvalue weighted by Gasteiger charge is 2.19. The highest BCUT2D eigenvalue weighted by Crippen LogP contribution is 2.24. The predicted molar refractivity (Wildman–Crippen MR) is 33.1 cm³/mol. The number of hydrogen-bond donors (Lipinski definition) is 1. The third kappa shape index (κ3) is 1.41. The summed E-state index contributed by atoms with van der Waals surface area (Å²) in [5.74, 6) is 1.21. The van der Waals surface area contributed by atoms with E-state index in [0.29, 0.717) is 0 Å². The zero-order chi connectivity index (χ0) is 5.98. The van der Waals surface area contributed by atoms with Crippen LogP contribution in [0.25, 0.3) is 0 Å². The van der Waals surface area contributed by atoms with Gasteiger partial charge >= 0.3 is 0 Å². The molecule has 1 fully saturated rings. The van der Waals surface area contributed by atoms with Gasteiger partial charge in [-0.3, -0.25) is 0 Å². The molecule has 8 heavy (non-hydrogen) atoms. The molecular formula is C7H12O. The van der Waals surface area contributed by atoms with Crippen LogP contribution in [-0.2, 0) is 0 Å². The van der Waals surface area contributed by atoms with E-state index < -0.39 is 0 Å². The van der Waals surface area contributed by atoms with Crippen LogP contribution >= 0.6 is 0 Å². The zero-order valence-corrected chi connectivity index (χ0v) is 5.06. The van der Waals surface area contributed by atoms with Crippen LogP contribution in [-0.4, -0.2) is 11.2 Å². The minimum Gasteiger partial charge on any atom is -0.389 e. The molecule has 0 heterocycles. The Morgan fingerprint density at radius 3 is 2.75 bits per heavy atom. The fourth-order valence-electron chi connectivity index (χ4n) is 1.13. The van der Waals surface area contributed by atoms with Crippen molar-refractivity contribution in [3.63, 3.8) is 0 Å². The molecule has 0 aromatic heterocycles. The van der Waals surface area contributed by atoms with E-state index in [2.05, 4.69) is 6.92 Å². The summed E-state index contributed by atoms with van der Waals surface area (Å²) in [6, 6.07) is 0. The smallest absolute Gasteiger partial charge is 0.0916 e. The van der Waals surface area contributed by atoms with Crippen molar-refractivity contribution in [2.24, 2.45) is 0 Å². The average molecular weight is 112 g/mol. The molecule has 0 aliphatic heterocycles. The first-order valence-electron chi connectivity index (χ1n) is 3.14. The third-order valence-corrected chi connectivity index (χ3v) is 1.59. The minimum atomic E-state index is -0.0868.